The second-order valence-corrected chi connectivity index (χ2v) is 4.83. The molecular formula is C16H15FN2O. The molecule has 1 aromatic heterocycles. The molecule has 0 aliphatic rings. The van der Waals surface area contributed by atoms with Crippen molar-refractivity contribution in [3.8, 4) is 0 Å². The summed E-state index contributed by atoms with van der Waals surface area (Å²) in [5.74, 6) is 0.233. The lowest BCUT2D eigenvalue weighted by Gasteiger charge is -2.10. The van der Waals surface area contributed by atoms with Crippen molar-refractivity contribution in [1.29, 1.82) is 0 Å². The van der Waals surface area contributed by atoms with Gasteiger partial charge in [-0.25, -0.2) is 9.37 Å². The Kier molecular flexibility index (Phi) is 3.24. The minimum absolute atomic E-state index is 0.165. The lowest BCUT2D eigenvalue weighted by Crippen LogP contribution is -2.06. The molecule has 0 saturated heterocycles. The summed E-state index contributed by atoms with van der Waals surface area (Å²) in [7, 11) is 0. The molecule has 3 nitrogen and oxygen atoms in total. The summed E-state index contributed by atoms with van der Waals surface area (Å²) in [6, 6.07) is 12.6. The van der Waals surface area contributed by atoms with Crippen molar-refractivity contribution in [2.45, 2.75) is 20.1 Å². The maximum atomic E-state index is 13.3. The van der Waals surface area contributed by atoms with Gasteiger partial charge >= 0.3 is 0 Å². The first-order valence-corrected chi connectivity index (χ1v) is 6.49. The molecule has 1 N–H and O–H groups in total. The van der Waals surface area contributed by atoms with E-state index in [0.717, 1.165) is 11.1 Å². The molecule has 4 heteroatoms. The fourth-order valence-electron chi connectivity index (χ4n) is 2.41. The van der Waals surface area contributed by atoms with Crippen LogP contribution in [0.2, 0.25) is 0 Å². The highest BCUT2D eigenvalue weighted by Crippen LogP contribution is 2.20. The molecule has 0 radical (unpaired) electrons. The second kappa shape index (κ2) is 5.06. The number of hydrogen-bond donors (Lipinski definition) is 1. The molecule has 0 aliphatic heterocycles. The first-order valence-electron chi connectivity index (χ1n) is 6.49. The molecular weight excluding hydrogens is 255 g/mol. The van der Waals surface area contributed by atoms with Gasteiger partial charge in [-0.05, 0) is 30.2 Å². The average Bonchev–Trinajstić information content (AvgIpc) is 2.78. The smallest absolute Gasteiger partial charge is 0.136 e. The van der Waals surface area contributed by atoms with E-state index in [-0.39, 0.29) is 12.4 Å². The summed E-state index contributed by atoms with van der Waals surface area (Å²) < 4.78 is 15.2. The van der Waals surface area contributed by atoms with Crippen molar-refractivity contribution in [3.05, 3.63) is 65.2 Å². The maximum absolute atomic E-state index is 13.3. The molecule has 0 amide bonds. The van der Waals surface area contributed by atoms with Crippen LogP contribution in [0.5, 0.6) is 0 Å². The summed E-state index contributed by atoms with van der Waals surface area (Å²) in [4.78, 5) is 4.29. The number of rotatable bonds is 3. The van der Waals surface area contributed by atoms with Gasteiger partial charge in [-0.3, -0.25) is 0 Å². The van der Waals surface area contributed by atoms with E-state index < -0.39 is 0 Å². The molecule has 0 fully saturated rings. The molecule has 20 heavy (non-hydrogen) atoms. The summed E-state index contributed by atoms with van der Waals surface area (Å²) in [6.07, 6.45) is 0. The molecule has 0 bridgehead atoms. The zero-order chi connectivity index (χ0) is 14.1. The van der Waals surface area contributed by atoms with Gasteiger partial charge in [-0.15, -0.1) is 0 Å². The van der Waals surface area contributed by atoms with Crippen LogP contribution in [0.3, 0.4) is 0 Å². The Labute approximate surface area is 116 Å². The molecule has 0 aliphatic carbocycles. The molecule has 3 aromatic rings. The predicted octanol–water partition coefficient (Wildman–Crippen LogP) is 3.02. The van der Waals surface area contributed by atoms with Crippen LogP contribution >= 0.6 is 0 Å². The third kappa shape index (κ3) is 2.18. The van der Waals surface area contributed by atoms with Gasteiger partial charge in [0.2, 0.25) is 0 Å². The molecule has 0 saturated carbocycles. The molecule has 3 rings (SSSR count). The lowest BCUT2D eigenvalue weighted by atomic mass is 10.1. The lowest BCUT2D eigenvalue weighted by molar-refractivity contribution is 0.267. The maximum Gasteiger partial charge on any atom is 0.136 e. The molecule has 0 spiro atoms. The van der Waals surface area contributed by atoms with Crippen LogP contribution in [0.15, 0.2) is 42.5 Å². The Hall–Kier alpha value is -2.20. The van der Waals surface area contributed by atoms with E-state index in [1.54, 1.807) is 6.07 Å². The topological polar surface area (TPSA) is 38.0 Å². The fraction of sp³-hybridized carbons (Fsp3) is 0.188. The molecule has 102 valence electrons. The van der Waals surface area contributed by atoms with E-state index in [1.165, 1.54) is 17.7 Å². The third-order valence-corrected chi connectivity index (χ3v) is 3.52. The van der Waals surface area contributed by atoms with Gasteiger partial charge in [0.05, 0.1) is 11.0 Å². The van der Waals surface area contributed by atoms with Crippen LogP contribution in [0.1, 0.15) is 17.0 Å². The average molecular weight is 270 g/mol. The van der Waals surface area contributed by atoms with Crippen molar-refractivity contribution in [3.63, 3.8) is 0 Å². The number of halogens is 1. The minimum Gasteiger partial charge on any atom is -0.388 e. The van der Waals surface area contributed by atoms with Crippen LogP contribution in [0, 0.1) is 12.7 Å². The zero-order valence-electron chi connectivity index (χ0n) is 11.2. The Bertz CT molecular complexity index is 764. The minimum atomic E-state index is -0.317. The van der Waals surface area contributed by atoms with Crippen molar-refractivity contribution in [2.75, 3.05) is 0 Å². The fourth-order valence-corrected chi connectivity index (χ4v) is 2.41. The number of benzene rings is 2. The van der Waals surface area contributed by atoms with Gasteiger partial charge < -0.3 is 9.67 Å². The van der Waals surface area contributed by atoms with Crippen LogP contribution in [0.25, 0.3) is 11.0 Å². The summed E-state index contributed by atoms with van der Waals surface area (Å²) in [5, 5.41) is 9.46. The highest BCUT2D eigenvalue weighted by Gasteiger charge is 2.11. The molecule has 1 heterocycles. The normalized spacial score (nSPS) is 11.2. The number of aromatic nitrogens is 2. The van der Waals surface area contributed by atoms with E-state index in [0.29, 0.717) is 17.9 Å². The van der Waals surface area contributed by atoms with Gasteiger partial charge in [0, 0.05) is 12.6 Å². The first-order chi connectivity index (χ1) is 9.69. The van der Waals surface area contributed by atoms with Gasteiger partial charge in [-0.2, -0.15) is 0 Å². The number of nitrogens with zero attached hydrogens (tertiary/aromatic N) is 2. The Morgan fingerprint density at radius 3 is 2.75 bits per heavy atom. The van der Waals surface area contributed by atoms with Gasteiger partial charge in [0.1, 0.15) is 18.2 Å². The van der Waals surface area contributed by atoms with Crippen molar-refractivity contribution in [1.82, 2.24) is 9.55 Å². The highest BCUT2D eigenvalue weighted by atomic mass is 19.1. The van der Waals surface area contributed by atoms with Crippen LogP contribution in [-0.2, 0) is 13.2 Å². The Morgan fingerprint density at radius 2 is 2.00 bits per heavy atom. The van der Waals surface area contributed by atoms with E-state index in [1.807, 2.05) is 35.8 Å². The zero-order valence-corrected chi connectivity index (χ0v) is 11.2. The van der Waals surface area contributed by atoms with Crippen LogP contribution in [-0.4, -0.2) is 14.7 Å². The van der Waals surface area contributed by atoms with Crippen molar-refractivity contribution in [2.24, 2.45) is 0 Å². The van der Waals surface area contributed by atoms with Crippen molar-refractivity contribution >= 4 is 11.0 Å². The predicted molar refractivity (Wildman–Crippen MR) is 75.9 cm³/mol. The number of fused-ring (bicyclic) bond motifs is 1. The monoisotopic (exact) mass is 270 g/mol. The molecule has 2 aromatic carbocycles. The second-order valence-electron chi connectivity index (χ2n) is 4.83. The van der Waals surface area contributed by atoms with Crippen molar-refractivity contribution < 1.29 is 9.50 Å². The standard InChI is InChI=1S/C16H15FN2O/c1-11-4-2-3-5-12(11)9-19-15-7-6-13(17)8-14(15)18-16(19)10-20/h2-8,20H,9-10H2,1H3. The summed E-state index contributed by atoms with van der Waals surface area (Å²) in [6.45, 7) is 2.50. The largest absolute Gasteiger partial charge is 0.388 e. The van der Waals surface area contributed by atoms with E-state index in [9.17, 15) is 9.50 Å². The van der Waals surface area contributed by atoms with Gasteiger partial charge in [-0.1, -0.05) is 24.3 Å². The van der Waals surface area contributed by atoms with E-state index >= 15 is 0 Å². The van der Waals surface area contributed by atoms with E-state index in [2.05, 4.69) is 4.98 Å². The molecule has 0 unspecified atom stereocenters. The van der Waals surface area contributed by atoms with Gasteiger partial charge in [0.25, 0.3) is 0 Å². The Morgan fingerprint density at radius 1 is 1.20 bits per heavy atom. The third-order valence-electron chi connectivity index (χ3n) is 3.52. The number of aliphatic hydroxyl groups is 1. The van der Waals surface area contributed by atoms with Gasteiger partial charge in [0.15, 0.2) is 0 Å². The van der Waals surface area contributed by atoms with Crippen LogP contribution in [0.4, 0.5) is 4.39 Å². The number of aryl methyl sites for hydroxylation is 1. The number of imidazole rings is 1. The SMILES string of the molecule is Cc1ccccc1Cn1c(CO)nc2cc(F)ccc21. The van der Waals surface area contributed by atoms with Crippen LogP contribution < -0.4 is 0 Å². The molecule has 0 atom stereocenters. The summed E-state index contributed by atoms with van der Waals surface area (Å²) >= 11 is 0. The first kappa shape index (κ1) is 12.8. The quantitative estimate of drug-likeness (QED) is 0.794. The van der Waals surface area contributed by atoms with E-state index in [4.69, 9.17) is 0 Å². The highest BCUT2D eigenvalue weighted by molar-refractivity contribution is 5.76. The number of aliphatic hydroxyl groups excluding tert-OH is 1. The number of hydrogen-bond acceptors (Lipinski definition) is 2. The Balaban J connectivity index is 2.12. The summed E-state index contributed by atoms with van der Waals surface area (Å²) in [5.41, 5.74) is 3.74.